The van der Waals surface area contributed by atoms with Gasteiger partial charge in [-0.1, -0.05) is 19.0 Å². The van der Waals surface area contributed by atoms with Gasteiger partial charge in [0.2, 0.25) is 5.76 Å². The van der Waals surface area contributed by atoms with Crippen molar-refractivity contribution in [3.63, 3.8) is 0 Å². The second-order valence-corrected chi connectivity index (χ2v) is 4.59. The van der Waals surface area contributed by atoms with E-state index in [1.54, 1.807) is 6.26 Å². The van der Waals surface area contributed by atoms with Crippen LogP contribution < -0.4 is 5.32 Å². The zero-order valence-corrected chi connectivity index (χ0v) is 10.5. The fourth-order valence-electron chi connectivity index (χ4n) is 1.65. The second-order valence-electron chi connectivity index (χ2n) is 4.59. The molecule has 4 nitrogen and oxygen atoms in total. The Bertz CT molecular complexity index is 458. The molecule has 0 aromatic carbocycles. The monoisotopic (exact) mass is 234 g/mol. The van der Waals surface area contributed by atoms with Crippen molar-refractivity contribution < 1.29 is 8.94 Å². The van der Waals surface area contributed by atoms with E-state index in [0.29, 0.717) is 5.92 Å². The molecule has 0 aliphatic heterocycles. The molecule has 4 heteroatoms. The highest BCUT2D eigenvalue weighted by atomic mass is 16.5. The molecule has 0 saturated carbocycles. The van der Waals surface area contributed by atoms with Crippen LogP contribution in [0, 0.1) is 12.8 Å². The standard InChI is InChI=1S/C13H18N2O2/c1-9(2)7-14-8-11-10(3)13(17-15-11)12-5-4-6-16-12/h4-6,9,14H,7-8H2,1-3H3. The summed E-state index contributed by atoms with van der Waals surface area (Å²) in [5.74, 6) is 2.08. The molecule has 17 heavy (non-hydrogen) atoms. The third-order valence-corrected chi connectivity index (χ3v) is 2.61. The third-order valence-electron chi connectivity index (χ3n) is 2.61. The fraction of sp³-hybridized carbons (Fsp3) is 0.462. The largest absolute Gasteiger partial charge is 0.461 e. The van der Waals surface area contributed by atoms with Crippen LogP contribution in [0.5, 0.6) is 0 Å². The summed E-state index contributed by atoms with van der Waals surface area (Å²) in [6, 6.07) is 3.72. The number of nitrogens with zero attached hydrogens (tertiary/aromatic N) is 1. The molecule has 0 saturated heterocycles. The fourth-order valence-corrected chi connectivity index (χ4v) is 1.65. The van der Waals surface area contributed by atoms with Crippen molar-refractivity contribution in [1.82, 2.24) is 10.5 Å². The molecule has 0 fully saturated rings. The van der Waals surface area contributed by atoms with Crippen molar-refractivity contribution in [2.45, 2.75) is 27.3 Å². The summed E-state index contributed by atoms with van der Waals surface area (Å²) in [4.78, 5) is 0. The molecule has 0 radical (unpaired) electrons. The molecule has 2 heterocycles. The third kappa shape index (κ3) is 2.77. The lowest BCUT2D eigenvalue weighted by atomic mass is 10.1. The Morgan fingerprint density at radius 3 is 2.88 bits per heavy atom. The van der Waals surface area contributed by atoms with Crippen LogP contribution >= 0.6 is 0 Å². The molecule has 0 spiro atoms. The van der Waals surface area contributed by atoms with E-state index >= 15 is 0 Å². The molecule has 2 aromatic rings. The van der Waals surface area contributed by atoms with Crippen molar-refractivity contribution in [1.29, 1.82) is 0 Å². The van der Waals surface area contributed by atoms with Crippen LogP contribution in [0.25, 0.3) is 11.5 Å². The van der Waals surface area contributed by atoms with Crippen LogP contribution in [0.2, 0.25) is 0 Å². The number of aromatic nitrogens is 1. The van der Waals surface area contributed by atoms with Crippen LogP contribution in [0.3, 0.4) is 0 Å². The summed E-state index contributed by atoms with van der Waals surface area (Å²) in [6.07, 6.45) is 1.63. The van der Waals surface area contributed by atoms with E-state index in [0.717, 1.165) is 35.9 Å². The topological polar surface area (TPSA) is 51.2 Å². The Hall–Kier alpha value is -1.55. The predicted molar refractivity (Wildman–Crippen MR) is 65.5 cm³/mol. The van der Waals surface area contributed by atoms with Gasteiger partial charge in [0.05, 0.1) is 6.26 Å². The zero-order valence-electron chi connectivity index (χ0n) is 10.5. The van der Waals surface area contributed by atoms with Crippen LogP contribution in [-0.2, 0) is 6.54 Å². The summed E-state index contributed by atoms with van der Waals surface area (Å²) < 4.78 is 10.6. The molecular formula is C13H18N2O2. The average Bonchev–Trinajstić information content (AvgIpc) is 2.88. The van der Waals surface area contributed by atoms with Gasteiger partial charge >= 0.3 is 0 Å². The molecule has 92 valence electrons. The highest BCUT2D eigenvalue weighted by Crippen LogP contribution is 2.25. The summed E-state index contributed by atoms with van der Waals surface area (Å²) in [7, 11) is 0. The maximum atomic E-state index is 5.31. The Morgan fingerprint density at radius 1 is 1.41 bits per heavy atom. The Balaban J connectivity index is 2.05. The predicted octanol–water partition coefficient (Wildman–Crippen LogP) is 2.99. The minimum atomic E-state index is 0.631. The van der Waals surface area contributed by atoms with Gasteiger partial charge in [-0.3, -0.25) is 0 Å². The summed E-state index contributed by atoms with van der Waals surface area (Å²) >= 11 is 0. The molecule has 2 rings (SSSR count). The summed E-state index contributed by atoms with van der Waals surface area (Å²) in [6.45, 7) is 8.06. The zero-order chi connectivity index (χ0) is 12.3. The van der Waals surface area contributed by atoms with Gasteiger partial charge in [0, 0.05) is 12.1 Å². The first-order valence-electron chi connectivity index (χ1n) is 5.88. The molecule has 0 amide bonds. The quantitative estimate of drug-likeness (QED) is 0.864. The molecule has 2 aromatic heterocycles. The summed E-state index contributed by atoms with van der Waals surface area (Å²) in [5, 5.41) is 7.42. The number of nitrogens with one attached hydrogen (secondary N) is 1. The number of furan rings is 1. The van der Waals surface area contributed by atoms with E-state index in [2.05, 4.69) is 24.3 Å². The highest BCUT2D eigenvalue weighted by molar-refractivity contribution is 5.55. The van der Waals surface area contributed by atoms with E-state index in [1.165, 1.54) is 0 Å². The van der Waals surface area contributed by atoms with Gasteiger partial charge in [-0.25, -0.2) is 0 Å². The van der Waals surface area contributed by atoms with E-state index < -0.39 is 0 Å². The lowest BCUT2D eigenvalue weighted by Crippen LogP contribution is -2.19. The van der Waals surface area contributed by atoms with Gasteiger partial charge < -0.3 is 14.3 Å². The van der Waals surface area contributed by atoms with Crippen molar-refractivity contribution in [3.8, 4) is 11.5 Å². The smallest absolute Gasteiger partial charge is 0.205 e. The van der Waals surface area contributed by atoms with Crippen LogP contribution in [0.4, 0.5) is 0 Å². The molecule has 1 N–H and O–H groups in total. The van der Waals surface area contributed by atoms with Gasteiger partial charge in [0.15, 0.2) is 5.76 Å². The van der Waals surface area contributed by atoms with Crippen molar-refractivity contribution in [3.05, 3.63) is 29.7 Å². The highest BCUT2D eigenvalue weighted by Gasteiger charge is 2.15. The second kappa shape index (κ2) is 5.19. The van der Waals surface area contributed by atoms with Crippen LogP contribution in [0.15, 0.2) is 27.3 Å². The van der Waals surface area contributed by atoms with E-state index in [1.807, 2.05) is 19.1 Å². The minimum absolute atomic E-state index is 0.631. The SMILES string of the molecule is Cc1c(CNCC(C)C)noc1-c1ccco1. The van der Waals surface area contributed by atoms with E-state index in [-0.39, 0.29) is 0 Å². The normalized spacial score (nSPS) is 11.3. The Morgan fingerprint density at radius 2 is 2.24 bits per heavy atom. The van der Waals surface area contributed by atoms with Gasteiger partial charge in [-0.05, 0) is 31.5 Å². The molecule has 0 unspecified atom stereocenters. The van der Waals surface area contributed by atoms with Crippen LogP contribution in [0.1, 0.15) is 25.1 Å². The average molecular weight is 234 g/mol. The van der Waals surface area contributed by atoms with E-state index in [9.17, 15) is 0 Å². The lowest BCUT2D eigenvalue weighted by molar-refractivity contribution is 0.406. The molecular weight excluding hydrogens is 216 g/mol. The first-order valence-corrected chi connectivity index (χ1v) is 5.88. The molecule has 0 aliphatic rings. The maximum Gasteiger partial charge on any atom is 0.205 e. The van der Waals surface area contributed by atoms with Gasteiger partial charge in [0.25, 0.3) is 0 Å². The molecule has 0 bridgehead atoms. The first-order chi connectivity index (χ1) is 8.18. The lowest BCUT2D eigenvalue weighted by Gasteiger charge is -2.05. The molecule has 0 aliphatic carbocycles. The maximum absolute atomic E-state index is 5.31. The number of hydrogen-bond donors (Lipinski definition) is 1. The van der Waals surface area contributed by atoms with Gasteiger partial charge in [0.1, 0.15) is 5.69 Å². The van der Waals surface area contributed by atoms with Crippen molar-refractivity contribution in [2.75, 3.05) is 6.54 Å². The van der Waals surface area contributed by atoms with Gasteiger partial charge in [-0.2, -0.15) is 0 Å². The minimum Gasteiger partial charge on any atom is -0.461 e. The number of hydrogen-bond acceptors (Lipinski definition) is 4. The van der Waals surface area contributed by atoms with Crippen molar-refractivity contribution >= 4 is 0 Å². The van der Waals surface area contributed by atoms with E-state index in [4.69, 9.17) is 8.94 Å². The first kappa shape index (κ1) is 11.9. The summed E-state index contributed by atoms with van der Waals surface area (Å²) in [5.41, 5.74) is 1.98. The van der Waals surface area contributed by atoms with Crippen LogP contribution in [-0.4, -0.2) is 11.7 Å². The van der Waals surface area contributed by atoms with Gasteiger partial charge in [-0.15, -0.1) is 0 Å². The van der Waals surface area contributed by atoms with Crippen molar-refractivity contribution in [2.24, 2.45) is 5.92 Å². The Labute approximate surface area is 101 Å². The number of rotatable bonds is 5. The molecule has 0 atom stereocenters. The Kier molecular flexibility index (Phi) is 3.64.